The number of H-pyrrole nitrogens is 1. The second-order valence-electron chi connectivity index (χ2n) is 4.47. The van der Waals surface area contributed by atoms with E-state index in [1.165, 1.54) is 6.07 Å². The quantitative estimate of drug-likeness (QED) is 0.881. The number of hydrogen-bond donors (Lipinski definition) is 1. The van der Waals surface area contributed by atoms with Gasteiger partial charge in [0.2, 0.25) is 0 Å². The fourth-order valence-electron chi connectivity index (χ4n) is 1.83. The number of fused-ring (bicyclic) bond motifs is 1. The lowest BCUT2D eigenvalue weighted by Gasteiger charge is -2.10. The number of halogens is 1. The Morgan fingerprint density at radius 3 is 2.83 bits per heavy atom. The molecule has 0 saturated heterocycles. The van der Waals surface area contributed by atoms with Crippen molar-refractivity contribution in [3.63, 3.8) is 0 Å². The Kier molecular flexibility index (Phi) is 3.68. The fourth-order valence-corrected chi connectivity index (χ4v) is 2.47. The first-order chi connectivity index (χ1) is 8.40. The van der Waals surface area contributed by atoms with E-state index in [9.17, 15) is 8.60 Å². The van der Waals surface area contributed by atoms with Crippen LogP contribution in [0.3, 0.4) is 0 Å². The zero-order valence-electron chi connectivity index (χ0n) is 10.5. The average molecular weight is 286 g/mol. The molecule has 3 nitrogen and oxygen atoms in total. The second kappa shape index (κ2) is 4.93. The van der Waals surface area contributed by atoms with Crippen molar-refractivity contribution < 1.29 is 8.60 Å². The van der Waals surface area contributed by atoms with Crippen LogP contribution >= 0.6 is 12.2 Å². The topological polar surface area (TPSA) is 37.8 Å². The Bertz CT molecular complexity index is 675. The van der Waals surface area contributed by atoms with Crippen molar-refractivity contribution in [3.05, 3.63) is 28.3 Å². The molecular weight excluding hydrogens is 271 g/mol. The van der Waals surface area contributed by atoms with Crippen LogP contribution in [0.15, 0.2) is 12.1 Å². The van der Waals surface area contributed by atoms with Gasteiger partial charge in [-0.3, -0.25) is 4.21 Å². The highest BCUT2D eigenvalue weighted by Crippen LogP contribution is 2.19. The minimum absolute atomic E-state index is 0.000981. The molecule has 0 radical (unpaired) electrons. The molecule has 0 aliphatic heterocycles. The number of nitrogens with zero attached hydrogens (tertiary/aromatic N) is 1. The summed E-state index contributed by atoms with van der Waals surface area (Å²) in [5, 5.41) is 0.000981. The molecule has 6 heteroatoms. The highest BCUT2D eigenvalue weighted by atomic mass is 32.2. The minimum atomic E-state index is -0.911. The first-order valence-corrected chi connectivity index (χ1v) is 7.64. The maximum Gasteiger partial charge on any atom is 0.178 e. The number of aromatic amines is 1. The van der Waals surface area contributed by atoms with Crippen molar-refractivity contribution in [3.8, 4) is 0 Å². The summed E-state index contributed by atoms with van der Waals surface area (Å²) >= 11 is 5.23. The monoisotopic (exact) mass is 286 g/mol. The third-order valence-electron chi connectivity index (χ3n) is 3.06. The molecule has 18 heavy (non-hydrogen) atoms. The second-order valence-corrected chi connectivity index (χ2v) is 6.66. The standard InChI is InChI=1S/C12H15FN2OS2/c1-7-4-11-10(5-9(7)13)14-12(17)15(11)6-8(2)18(3)16/h4-5,8H,6H2,1-3H3,(H,14,17). The van der Waals surface area contributed by atoms with Crippen LogP contribution in [0, 0.1) is 17.5 Å². The molecule has 1 N–H and O–H groups in total. The summed E-state index contributed by atoms with van der Waals surface area (Å²) in [5.41, 5.74) is 2.11. The van der Waals surface area contributed by atoms with Crippen molar-refractivity contribution in [1.82, 2.24) is 9.55 Å². The summed E-state index contributed by atoms with van der Waals surface area (Å²) in [4.78, 5) is 2.98. The molecular formula is C12H15FN2OS2. The Labute approximate surface area is 112 Å². The van der Waals surface area contributed by atoms with Crippen LogP contribution in [0.2, 0.25) is 0 Å². The van der Waals surface area contributed by atoms with Crippen molar-refractivity contribution >= 4 is 34.1 Å². The molecule has 98 valence electrons. The van der Waals surface area contributed by atoms with Gasteiger partial charge in [-0.2, -0.15) is 0 Å². The molecule has 1 aromatic carbocycles. The lowest BCUT2D eigenvalue weighted by atomic mass is 10.2. The van der Waals surface area contributed by atoms with E-state index in [1.54, 1.807) is 19.2 Å². The normalized spacial score (nSPS) is 14.9. The third kappa shape index (κ3) is 2.40. The van der Waals surface area contributed by atoms with Crippen molar-refractivity contribution in [2.45, 2.75) is 25.6 Å². The predicted molar refractivity (Wildman–Crippen MR) is 75.3 cm³/mol. The maximum absolute atomic E-state index is 13.5. The van der Waals surface area contributed by atoms with Gasteiger partial charge in [-0.05, 0) is 43.8 Å². The molecule has 2 rings (SSSR count). The number of aryl methyl sites for hydroxylation is 1. The molecule has 0 spiro atoms. The average Bonchev–Trinajstić information content (AvgIpc) is 2.56. The number of hydrogen-bond acceptors (Lipinski definition) is 2. The molecule has 2 unspecified atom stereocenters. The van der Waals surface area contributed by atoms with Crippen molar-refractivity contribution in [2.24, 2.45) is 0 Å². The van der Waals surface area contributed by atoms with E-state index in [1.807, 2.05) is 11.5 Å². The van der Waals surface area contributed by atoms with Gasteiger partial charge in [0.1, 0.15) is 5.82 Å². The summed E-state index contributed by atoms with van der Waals surface area (Å²) in [6.07, 6.45) is 1.67. The van der Waals surface area contributed by atoms with Gasteiger partial charge in [0.05, 0.1) is 11.0 Å². The summed E-state index contributed by atoms with van der Waals surface area (Å²) in [7, 11) is -0.911. The summed E-state index contributed by atoms with van der Waals surface area (Å²) in [6, 6.07) is 3.22. The van der Waals surface area contributed by atoms with Crippen LogP contribution in [0.1, 0.15) is 12.5 Å². The van der Waals surface area contributed by atoms with Gasteiger partial charge in [0, 0.05) is 28.9 Å². The van der Waals surface area contributed by atoms with Crippen molar-refractivity contribution in [2.75, 3.05) is 6.26 Å². The van der Waals surface area contributed by atoms with E-state index in [0.29, 0.717) is 22.4 Å². The molecule has 0 aliphatic carbocycles. The van der Waals surface area contributed by atoms with Gasteiger partial charge in [-0.25, -0.2) is 4.39 Å². The Morgan fingerprint density at radius 2 is 2.22 bits per heavy atom. The lowest BCUT2D eigenvalue weighted by Crippen LogP contribution is -2.17. The molecule has 0 saturated carbocycles. The third-order valence-corrected chi connectivity index (χ3v) is 4.67. The van der Waals surface area contributed by atoms with Gasteiger partial charge >= 0.3 is 0 Å². The summed E-state index contributed by atoms with van der Waals surface area (Å²) in [6.45, 7) is 4.19. The molecule has 1 aromatic heterocycles. The molecule has 0 aliphatic rings. The van der Waals surface area contributed by atoms with Crippen LogP contribution in [0.25, 0.3) is 11.0 Å². The first-order valence-electron chi connectivity index (χ1n) is 5.61. The maximum atomic E-state index is 13.5. The van der Waals surface area contributed by atoms with Crippen molar-refractivity contribution in [1.29, 1.82) is 0 Å². The van der Waals surface area contributed by atoms with Crippen LogP contribution in [0.4, 0.5) is 4.39 Å². The lowest BCUT2D eigenvalue weighted by molar-refractivity contribution is 0.619. The summed E-state index contributed by atoms with van der Waals surface area (Å²) < 4.78 is 27.3. The molecule has 2 aromatic rings. The van der Waals surface area contributed by atoms with Crippen LogP contribution in [-0.2, 0) is 17.3 Å². The fraction of sp³-hybridized carbons (Fsp3) is 0.417. The minimum Gasteiger partial charge on any atom is -0.330 e. The number of rotatable bonds is 3. The van der Waals surface area contributed by atoms with E-state index in [-0.39, 0.29) is 11.1 Å². The van der Waals surface area contributed by atoms with Gasteiger partial charge < -0.3 is 9.55 Å². The number of aromatic nitrogens is 2. The SMILES string of the molecule is Cc1cc2c(cc1F)[nH]c(=S)n2CC(C)S(C)=O. The van der Waals surface area contributed by atoms with E-state index in [4.69, 9.17) is 12.2 Å². The Balaban J connectivity index is 2.57. The van der Waals surface area contributed by atoms with Gasteiger partial charge in [0.25, 0.3) is 0 Å². The molecule has 0 fully saturated rings. The largest absolute Gasteiger partial charge is 0.330 e. The van der Waals surface area contributed by atoms with Gasteiger partial charge in [-0.15, -0.1) is 0 Å². The Morgan fingerprint density at radius 1 is 1.56 bits per heavy atom. The van der Waals surface area contributed by atoms with Crippen LogP contribution in [-0.4, -0.2) is 25.3 Å². The van der Waals surface area contributed by atoms with E-state index >= 15 is 0 Å². The van der Waals surface area contributed by atoms with Gasteiger partial charge in [-0.1, -0.05) is 0 Å². The molecule has 1 heterocycles. The van der Waals surface area contributed by atoms with Gasteiger partial charge in [0.15, 0.2) is 4.77 Å². The molecule has 0 amide bonds. The van der Waals surface area contributed by atoms with Crippen LogP contribution in [0.5, 0.6) is 0 Å². The number of imidazole rings is 1. The highest BCUT2D eigenvalue weighted by Gasteiger charge is 2.12. The Hall–Kier alpha value is -1.01. The number of benzene rings is 1. The smallest absolute Gasteiger partial charge is 0.178 e. The van der Waals surface area contributed by atoms with E-state index in [0.717, 1.165) is 5.52 Å². The number of nitrogens with one attached hydrogen (secondary N) is 1. The van der Waals surface area contributed by atoms with E-state index < -0.39 is 10.8 Å². The zero-order valence-corrected chi connectivity index (χ0v) is 12.1. The zero-order chi connectivity index (χ0) is 13.4. The predicted octanol–water partition coefficient (Wildman–Crippen LogP) is 2.91. The molecule has 0 bridgehead atoms. The highest BCUT2D eigenvalue weighted by molar-refractivity contribution is 7.84. The summed E-state index contributed by atoms with van der Waals surface area (Å²) in [5.74, 6) is -0.252. The van der Waals surface area contributed by atoms with Crippen LogP contribution < -0.4 is 0 Å². The first kappa shape index (κ1) is 13.4. The van der Waals surface area contributed by atoms with E-state index in [2.05, 4.69) is 4.98 Å². The molecule has 2 atom stereocenters.